The molecule has 0 aliphatic rings. The Bertz CT molecular complexity index is 751. The molecule has 0 radical (unpaired) electrons. The minimum absolute atomic E-state index is 0.0118. The first-order chi connectivity index (χ1) is 11.9. The van der Waals surface area contributed by atoms with Gasteiger partial charge in [-0.2, -0.15) is 0 Å². The molecule has 0 atom stereocenters. The Morgan fingerprint density at radius 1 is 1.20 bits per heavy atom. The molecule has 0 aliphatic heterocycles. The molecule has 2 rings (SSSR count). The molecular weight excluding hydrogens is 318 g/mol. The third-order valence-corrected chi connectivity index (χ3v) is 3.98. The maximum absolute atomic E-state index is 12.5. The summed E-state index contributed by atoms with van der Waals surface area (Å²) in [5.41, 5.74) is 3.08. The number of nitrogens with zero attached hydrogens (tertiary/aromatic N) is 3. The van der Waals surface area contributed by atoms with Crippen LogP contribution < -0.4 is 10.6 Å². The van der Waals surface area contributed by atoms with E-state index >= 15 is 0 Å². The van der Waals surface area contributed by atoms with Gasteiger partial charge < -0.3 is 15.5 Å². The summed E-state index contributed by atoms with van der Waals surface area (Å²) in [6.07, 6.45) is 2.85. The number of pyridine rings is 1. The zero-order valence-electron chi connectivity index (χ0n) is 15.4. The summed E-state index contributed by atoms with van der Waals surface area (Å²) in [5, 5.41) is 5.74. The molecule has 0 aliphatic carbocycles. The van der Waals surface area contributed by atoms with E-state index in [1.165, 1.54) is 0 Å². The molecule has 0 saturated carbocycles. The Kier molecular flexibility index (Phi) is 6.52. The number of aromatic nitrogens is 2. The van der Waals surface area contributed by atoms with Crippen LogP contribution in [0.15, 0.2) is 18.3 Å². The molecule has 0 spiro atoms. The molecule has 136 valence electrons. The lowest BCUT2D eigenvalue weighted by atomic mass is 10.2. The summed E-state index contributed by atoms with van der Waals surface area (Å²) in [7, 11) is 3.93. The van der Waals surface area contributed by atoms with Crippen molar-refractivity contribution < 1.29 is 9.59 Å². The van der Waals surface area contributed by atoms with E-state index in [0.29, 0.717) is 37.3 Å². The smallest absolute Gasteiger partial charge is 0.270 e. The van der Waals surface area contributed by atoms with Crippen LogP contribution >= 0.6 is 0 Å². The highest BCUT2D eigenvalue weighted by molar-refractivity contribution is 5.94. The van der Waals surface area contributed by atoms with Crippen molar-refractivity contribution in [3.8, 4) is 0 Å². The SMILES string of the molecule is Cc1nc2c(C)cccn2c1C(=O)NCCCC(=O)NCCN(C)C. The summed E-state index contributed by atoms with van der Waals surface area (Å²) in [6.45, 7) is 5.71. The quantitative estimate of drug-likeness (QED) is 0.703. The van der Waals surface area contributed by atoms with Gasteiger partial charge in [-0.1, -0.05) is 6.07 Å². The summed E-state index contributed by atoms with van der Waals surface area (Å²) >= 11 is 0. The Morgan fingerprint density at radius 3 is 2.68 bits per heavy atom. The summed E-state index contributed by atoms with van der Waals surface area (Å²) in [4.78, 5) is 30.7. The average molecular weight is 345 g/mol. The molecule has 0 fully saturated rings. The van der Waals surface area contributed by atoms with E-state index in [9.17, 15) is 9.59 Å². The fourth-order valence-corrected chi connectivity index (χ4v) is 2.63. The average Bonchev–Trinajstić information content (AvgIpc) is 2.88. The van der Waals surface area contributed by atoms with Crippen LogP contribution in [0.4, 0.5) is 0 Å². The lowest BCUT2D eigenvalue weighted by Crippen LogP contribution is -2.32. The van der Waals surface area contributed by atoms with Gasteiger partial charge in [0.05, 0.1) is 5.69 Å². The van der Waals surface area contributed by atoms with Gasteiger partial charge in [0.1, 0.15) is 11.3 Å². The number of nitrogens with one attached hydrogen (secondary N) is 2. The standard InChI is InChI=1S/C18H27N5O2/c1-13-7-6-11-23-16(14(2)21-17(13)23)18(25)20-9-5-8-15(24)19-10-12-22(3)4/h6-7,11H,5,8-10,12H2,1-4H3,(H,19,24)(H,20,25). The van der Waals surface area contributed by atoms with Gasteiger partial charge in [-0.15, -0.1) is 0 Å². The van der Waals surface area contributed by atoms with Crippen LogP contribution in [-0.2, 0) is 4.79 Å². The van der Waals surface area contributed by atoms with Gasteiger partial charge in [-0.3, -0.25) is 14.0 Å². The third kappa shape index (κ3) is 5.03. The van der Waals surface area contributed by atoms with Crippen molar-refractivity contribution in [2.75, 3.05) is 33.7 Å². The van der Waals surface area contributed by atoms with E-state index in [2.05, 4.69) is 15.6 Å². The fraction of sp³-hybridized carbons (Fsp3) is 0.500. The van der Waals surface area contributed by atoms with E-state index < -0.39 is 0 Å². The maximum Gasteiger partial charge on any atom is 0.270 e. The number of fused-ring (bicyclic) bond motifs is 1. The Labute approximate surface area is 148 Å². The van der Waals surface area contributed by atoms with Crippen molar-refractivity contribution in [1.82, 2.24) is 24.9 Å². The number of hydrogen-bond acceptors (Lipinski definition) is 4. The van der Waals surface area contributed by atoms with Crippen molar-refractivity contribution in [2.24, 2.45) is 0 Å². The summed E-state index contributed by atoms with van der Waals surface area (Å²) in [6, 6.07) is 3.87. The molecule has 7 heteroatoms. The lowest BCUT2D eigenvalue weighted by Gasteiger charge is -2.10. The third-order valence-electron chi connectivity index (χ3n) is 3.98. The monoisotopic (exact) mass is 345 g/mol. The minimum atomic E-state index is -0.163. The van der Waals surface area contributed by atoms with Crippen molar-refractivity contribution in [3.05, 3.63) is 35.3 Å². The van der Waals surface area contributed by atoms with Gasteiger partial charge in [-0.25, -0.2) is 4.98 Å². The molecule has 2 N–H and O–H groups in total. The molecule has 2 aromatic heterocycles. The van der Waals surface area contributed by atoms with Crippen molar-refractivity contribution in [3.63, 3.8) is 0 Å². The molecular formula is C18H27N5O2. The Balaban J connectivity index is 1.82. The van der Waals surface area contributed by atoms with Crippen molar-refractivity contribution >= 4 is 17.5 Å². The van der Waals surface area contributed by atoms with Gasteiger partial charge >= 0.3 is 0 Å². The first-order valence-electron chi connectivity index (χ1n) is 8.54. The molecule has 2 heterocycles. The molecule has 0 bridgehead atoms. The van der Waals surface area contributed by atoms with E-state index in [1.807, 2.05) is 55.6 Å². The number of aryl methyl sites for hydroxylation is 2. The summed E-state index contributed by atoms with van der Waals surface area (Å²) in [5.74, 6) is -0.152. The second-order valence-corrected chi connectivity index (χ2v) is 6.44. The predicted octanol–water partition coefficient (Wildman–Crippen LogP) is 1.14. The topological polar surface area (TPSA) is 78.7 Å². The van der Waals surface area contributed by atoms with Crippen LogP contribution in [0, 0.1) is 13.8 Å². The Hall–Kier alpha value is -2.41. The number of likely N-dealkylation sites (N-methyl/N-ethyl adjacent to an activating group) is 1. The minimum Gasteiger partial charge on any atom is -0.355 e. The van der Waals surface area contributed by atoms with Crippen LogP contribution in [0.5, 0.6) is 0 Å². The second kappa shape index (κ2) is 8.62. The van der Waals surface area contributed by atoms with E-state index in [1.54, 1.807) is 0 Å². The van der Waals surface area contributed by atoms with E-state index in [-0.39, 0.29) is 11.8 Å². The van der Waals surface area contributed by atoms with Gasteiger partial charge in [0.2, 0.25) is 5.91 Å². The van der Waals surface area contributed by atoms with E-state index in [0.717, 1.165) is 17.8 Å². The van der Waals surface area contributed by atoms with Crippen LogP contribution in [0.2, 0.25) is 0 Å². The summed E-state index contributed by atoms with van der Waals surface area (Å²) < 4.78 is 1.81. The first kappa shape index (κ1) is 18.9. The van der Waals surface area contributed by atoms with Crippen molar-refractivity contribution in [1.29, 1.82) is 0 Å². The highest BCUT2D eigenvalue weighted by atomic mass is 16.2. The number of carbonyl (C=O) groups excluding carboxylic acids is 2. The molecule has 0 saturated heterocycles. The van der Waals surface area contributed by atoms with Gasteiger partial charge in [0.25, 0.3) is 5.91 Å². The number of rotatable bonds is 8. The molecule has 25 heavy (non-hydrogen) atoms. The molecule has 7 nitrogen and oxygen atoms in total. The number of carbonyl (C=O) groups is 2. The largest absolute Gasteiger partial charge is 0.355 e. The van der Waals surface area contributed by atoms with Gasteiger partial charge in [0.15, 0.2) is 0 Å². The van der Waals surface area contributed by atoms with E-state index in [4.69, 9.17) is 0 Å². The second-order valence-electron chi connectivity index (χ2n) is 6.44. The predicted molar refractivity (Wildman–Crippen MR) is 97.8 cm³/mol. The molecule has 0 unspecified atom stereocenters. The van der Waals surface area contributed by atoms with Crippen LogP contribution in [0.25, 0.3) is 5.65 Å². The molecule has 0 aromatic carbocycles. The first-order valence-corrected chi connectivity index (χ1v) is 8.54. The normalized spacial score (nSPS) is 11.1. The Morgan fingerprint density at radius 2 is 1.96 bits per heavy atom. The van der Waals surface area contributed by atoms with Crippen LogP contribution in [0.3, 0.4) is 0 Å². The zero-order chi connectivity index (χ0) is 18.4. The fourth-order valence-electron chi connectivity index (χ4n) is 2.63. The zero-order valence-corrected chi connectivity index (χ0v) is 15.4. The molecule has 2 amide bonds. The number of hydrogen-bond donors (Lipinski definition) is 2. The van der Waals surface area contributed by atoms with Crippen LogP contribution in [0.1, 0.15) is 34.6 Å². The van der Waals surface area contributed by atoms with Crippen LogP contribution in [-0.4, -0.2) is 59.8 Å². The number of amides is 2. The maximum atomic E-state index is 12.5. The van der Waals surface area contributed by atoms with Crippen molar-refractivity contribution in [2.45, 2.75) is 26.7 Å². The molecule has 2 aromatic rings. The van der Waals surface area contributed by atoms with Gasteiger partial charge in [-0.05, 0) is 46.0 Å². The highest BCUT2D eigenvalue weighted by Gasteiger charge is 2.16. The van der Waals surface area contributed by atoms with Gasteiger partial charge in [0, 0.05) is 32.3 Å². The highest BCUT2D eigenvalue weighted by Crippen LogP contribution is 2.15. The number of imidazole rings is 1. The lowest BCUT2D eigenvalue weighted by molar-refractivity contribution is -0.121.